The summed E-state index contributed by atoms with van der Waals surface area (Å²) in [4.78, 5) is 43.4. The molecule has 2 unspecified atom stereocenters. The summed E-state index contributed by atoms with van der Waals surface area (Å²) in [6, 6.07) is 0.900. The van der Waals surface area contributed by atoms with Gasteiger partial charge in [0.05, 0.1) is 6.10 Å². The number of nitrogens with zero attached hydrogens (tertiary/aromatic N) is 1. The Balaban J connectivity index is 2.01. The molecule has 1 aromatic rings. The number of aromatic nitrogens is 2. The molecule has 0 bridgehead atoms. The van der Waals surface area contributed by atoms with E-state index in [4.69, 9.17) is 4.74 Å². The van der Waals surface area contributed by atoms with E-state index in [1.54, 1.807) is 20.8 Å². The first kappa shape index (κ1) is 25.8. The normalized spacial score (nSPS) is 23.0. The third-order valence-electron chi connectivity index (χ3n) is 5.63. The Morgan fingerprint density at radius 1 is 1.28 bits per heavy atom. The lowest BCUT2D eigenvalue weighted by Gasteiger charge is -2.47. The number of ether oxygens (including phenoxy) is 1. The Bertz CT molecular complexity index is 893. The van der Waals surface area contributed by atoms with Crippen LogP contribution in [0.15, 0.2) is 10.9 Å². The van der Waals surface area contributed by atoms with Crippen molar-refractivity contribution in [2.75, 3.05) is 11.9 Å². The number of hydrogen-bond acceptors (Lipinski definition) is 5. The number of anilines is 1. The van der Waals surface area contributed by atoms with Crippen LogP contribution in [0.2, 0.25) is 0 Å². The topological polar surface area (TPSA) is 125 Å². The van der Waals surface area contributed by atoms with Crippen LogP contribution in [0.4, 0.5) is 10.7 Å². The largest absolute Gasteiger partial charge is 0.363 e. The van der Waals surface area contributed by atoms with Gasteiger partial charge in [-0.05, 0) is 64.7 Å². The number of urea groups is 1. The Kier molecular flexibility index (Phi) is 7.75. The van der Waals surface area contributed by atoms with Crippen molar-refractivity contribution in [3.63, 3.8) is 0 Å². The van der Waals surface area contributed by atoms with E-state index < -0.39 is 11.6 Å². The van der Waals surface area contributed by atoms with E-state index in [-0.39, 0.29) is 40.4 Å². The maximum Gasteiger partial charge on any atom is 0.321 e. The van der Waals surface area contributed by atoms with Crippen molar-refractivity contribution in [2.24, 2.45) is 10.8 Å². The van der Waals surface area contributed by atoms with Gasteiger partial charge in [0.2, 0.25) is 5.95 Å². The first-order valence-corrected chi connectivity index (χ1v) is 11.2. The molecule has 2 rings (SSSR count). The molecule has 3 amide bonds. The summed E-state index contributed by atoms with van der Waals surface area (Å²) in [6.45, 7) is 16.0. The fourth-order valence-electron chi connectivity index (χ4n) is 4.96. The highest BCUT2D eigenvalue weighted by atomic mass is 16.5. The minimum Gasteiger partial charge on any atom is -0.363 e. The van der Waals surface area contributed by atoms with E-state index in [1.807, 2.05) is 13.8 Å². The molecule has 1 aromatic heterocycles. The Morgan fingerprint density at radius 3 is 2.53 bits per heavy atom. The molecule has 1 aliphatic rings. The third-order valence-corrected chi connectivity index (χ3v) is 5.63. The number of aryl methyl sites for hydroxylation is 1. The Morgan fingerprint density at radius 2 is 1.94 bits per heavy atom. The average molecular weight is 450 g/mol. The van der Waals surface area contributed by atoms with Crippen LogP contribution in [0.25, 0.3) is 0 Å². The van der Waals surface area contributed by atoms with Gasteiger partial charge >= 0.3 is 6.03 Å². The maximum absolute atomic E-state index is 12.9. The molecule has 1 saturated carbocycles. The highest BCUT2D eigenvalue weighted by molar-refractivity contribution is 5.87. The quantitative estimate of drug-likeness (QED) is 0.509. The van der Waals surface area contributed by atoms with E-state index >= 15 is 0 Å². The van der Waals surface area contributed by atoms with Crippen molar-refractivity contribution in [3.05, 3.63) is 22.1 Å². The van der Waals surface area contributed by atoms with E-state index in [2.05, 4.69) is 46.7 Å². The first-order chi connectivity index (χ1) is 14.6. The van der Waals surface area contributed by atoms with E-state index in [1.165, 1.54) is 6.07 Å². The molecule has 2 atom stereocenters. The highest BCUT2D eigenvalue weighted by Crippen LogP contribution is 2.45. The molecule has 0 saturated heterocycles. The summed E-state index contributed by atoms with van der Waals surface area (Å²) in [5, 5.41) is 8.65. The van der Waals surface area contributed by atoms with Gasteiger partial charge < -0.3 is 15.4 Å². The van der Waals surface area contributed by atoms with Gasteiger partial charge in [0.1, 0.15) is 5.60 Å². The van der Waals surface area contributed by atoms with Gasteiger partial charge in [-0.3, -0.25) is 19.9 Å². The summed E-state index contributed by atoms with van der Waals surface area (Å²) in [7, 11) is 0. The fraction of sp³-hybridized carbons (Fsp3) is 0.739. The predicted octanol–water partition coefficient (Wildman–Crippen LogP) is 3.10. The molecular formula is C23H39N5O4. The highest BCUT2D eigenvalue weighted by Gasteiger charge is 2.43. The molecule has 1 fully saturated rings. The van der Waals surface area contributed by atoms with E-state index in [9.17, 15) is 14.4 Å². The third kappa shape index (κ3) is 7.62. The molecule has 9 nitrogen and oxygen atoms in total. The molecule has 180 valence electrons. The number of amides is 3. The zero-order valence-electron chi connectivity index (χ0n) is 20.6. The van der Waals surface area contributed by atoms with Crippen LogP contribution in [0.5, 0.6) is 0 Å². The van der Waals surface area contributed by atoms with Crippen molar-refractivity contribution in [1.29, 1.82) is 0 Å². The minimum absolute atomic E-state index is 0.00448. The fourth-order valence-corrected chi connectivity index (χ4v) is 4.96. The molecule has 9 heteroatoms. The molecule has 0 radical (unpaired) electrons. The number of H-pyrrole nitrogens is 1. The number of aromatic amines is 1. The van der Waals surface area contributed by atoms with Gasteiger partial charge in [-0.15, -0.1) is 0 Å². The van der Waals surface area contributed by atoms with Crippen LogP contribution < -0.4 is 21.5 Å². The van der Waals surface area contributed by atoms with Crippen LogP contribution in [-0.2, 0) is 9.53 Å². The van der Waals surface area contributed by atoms with Gasteiger partial charge in [0.25, 0.3) is 11.5 Å². The Labute approximate surface area is 190 Å². The SMILES string of the molecule is Cc1cc(=O)[nH]c(NC(=O)NCC2(C)CC(NC(=O)C(C)(C)OC(C)C)CC(C)(C)C2)n1. The molecule has 0 aliphatic heterocycles. The van der Waals surface area contributed by atoms with Crippen molar-refractivity contribution in [1.82, 2.24) is 20.6 Å². The summed E-state index contributed by atoms with van der Waals surface area (Å²) in [5.41, 5.74) is -0.935. The number of carbonyl (C=O) groups excluding carboxylic acids is 2. The number of rotatable bonds is 7. The van der Waals surface area contributed by atoms with Crippen LogP contribution in [0.3, 0.4) is 0 Å². The van der Waals surface area contributed by atoms with Gasteiger partial charge in [-0.2, -0.15) is 0 Å². The second kappa shape index (κ2) is 9.60. The van der Waals surface area contributed by atoms with Crippen LogP contribution in [0.1, 0.15) is 73.4 Å². The monoisotopic (exact) mass is 449 g/mol. The van der Waals surface area contributed by atoms with E-state index in [0.29, 0.717) is 12.2 Å². The molecule has 4 N–H and O–H groups in total. The summed E-state index contributed by atoms with van der Waals surface area (Å²) >= 11 is 0. The molecule has 32 heavy (non-hydrogen) atoms. The standard InChI is InChI=1S/C23H39N5O4/c1-14(2)32-22(6,7)18(30)26-16-10-21(4,5)12-23(8,11-16)13-24-20(31)28-19-25-15(3)9-17(29)27-19/h9,14,16H,10-13H2,1-8H3,(H,26,30)(H3,24,25,27,28,29,31). The number of carbonyl (C=O) groups is 2. The lowest BCUT2D eigenvalue weighted by atomic mass is 9.62. The smallest absolute Gasteiger partial charge is 0.321 e. The molecule has 1 heterocycles. The number of hydrogen-bond donors (Lipinski definition) is 4. The average Bonchev–Trinajstić information content (AvgIpc) is 2.56. The minimum atomic E-state index is -0.915. The second-order valence-corrected chi connectivity index (χ2v) is 11.0. The van der Waals surface area contributed by atoms with Crippen molar-refractivity contribution >= 4 is 17.9 Å². The summed E-state index contributed by atoms with van der Waals surface area (Å²) in [5.74, 6) is -0.0180. The van der Waals surface area contributed by atoms with Crippen LogP contribution in [0, 0.1) is 17.8 Å². The van der Waals surface area contributed by atoms with Gasteiger partial charge in [0.15, 0.2) is 0 Å². The zero-order chi connectivity index (χ0) is 24.3. The molecule has 1 aliphatic carbocycles. The van der Waals surface area contributed by atoms with E-state index in [0.717, 1.165) is 19.3 Å². The van der Waals surface area contributed by atoms with Gasteiger partial charge in [0, 0.05) is 24.3 Å². The predicted molar refractivity (Wildman–Crippen MR) is 125 cm³/mol. The van der Waals surface area contributed by atoms with Gasteiger partial charge in [-0.25, -0.2) is 9.78 Å². The first-order valence-electron chi connectivity index (χ1n) is 11.2. The lowest BCUT2D eigenvalue weighted by molar-refractivity contribution is -0.149. The lowest BCUT2D eigenvalue weighted by Crippen LogP contribution is -2.55. The number of nitrogens with one attached hydrogen (secondary N) is 4. The zero-order valence-corrected chi connectivity index (χ0v) is 20.6. The maximum atomic E-state index is 12.9. The van der Waals surface area contributed by atoms with Crippen LogP contribution >= 0.6 is 0 Å². The molecular weight excluding hydrogens is 410 g/mol. The summed E-state index contributed by atoms with van der Waals surface area (Å²) < 4.78 is 5.79. The Hall–Kier alpha value is -2.42. The van der Waals surface area contributed by atoms with Crippen molar-refractivity contribution < 1.29 is 14.3 Å². The molecule has 0 spiro atoms. The van der Waals surface area contributed by atoms with Crippen LogP contribution in [-0.4, -0.2) is 46.2 Å². The molecule has 0 aromatic carbocycles. The van der Waals surface area contributed by atoms with Crippen molar-refractivity contribution in [3.8, 4) is 0 Å². The van der Waals surface area contributed by atoms with Gasteiger partial charge in [-0.1, -0.05) is 20.8 Å². The second-order valence-electron chi connectivity index (χ2n) is 11.0. The summed E-state index contributed by atoms with van der Waals surface area (Å²) in [6.07, 6.45) is 2.44. The van der Waals surface area contributed by atoms with Crippen molar-refractivity contribution in [2.45, 2.75) is 92.4 Å².